The highest BCUT2D eigenvalue weighted by Gasteiger charge is 2.13. The molecular weight excluding hydrogens is 277 g/mol. The van der Waals surface area contributed by atoms with E-state index in [9.17, 15) is 9.18 Å². The van der Waals surface area contributed by atoms with E-state index in [1.807, 2.05) is 0 Å². The van der Waals surface area contributed by atoms with Crippen LogP contribution in [0.1, 0.15) is 10.4 Å². The lowest BCUT2D eigenvalue weighted by molar-refractivity contribution is 0.0697. The lowest BCUT2D eigenvalue weighted by Crippen LogP contribution is -1.96. The molecule has 0 radical (unpaired) electrons. The van der Waals surface area contributed by atoms with Gasteiger partial charge in [-0.3, -0.25) is 0 Å². The molecule has 3 rings (SSSR count). The fourth-order valence-corrected chi connectivity index (χ4v) is 1.74. The summed E-state index contributed by atoms with van der Waals surface area (Å²) in [5, 5.41) is 12.7. The molecule has 1 N–H and O–H groups in total. The summed E-state index contributed by atoms with van der Waals surface area (Å²) in [6, 6.07) is 8.81. The summed E-state index contributed by atoms with van der Waals surface area (Å²) in [5.74, 6) is -1.14. The second-order valence-corrected chi connectivity index (χ2v) is 4.17. The van der Waals surface area contributed by atoms with Crippen LogP contribution in [0.3, 0.4) is 0 Å². The highest BCUT2D eigenvalue weighted by atomic mass is 19.1. The summed E-state index contributed by atoms with van der Waals surface area (Å²) >= 11 is 0. The second kappa shape index (κ2) is 5.12. The maximum absolute atomic E-state index is 12.8. The lowest BCUT2D eigenvalue weighted by Gasteiger charge is -1.96. The maximum atomic E-state index is 12.8. The van der Waals surface area contributed by atoms with Gasteiger partial charge in [0.1, 0.15) is 11.5 Å². The summed E-state index contributed by atoms with van der Waals surface area (Å²) in [6.07, 6.45) is 1.05. The standard InChI is InChI=1S/C14H8FN3O3/c15-10-4-5-11(16-7-10)13-17-12(18-21-13)8-2-1-3-9(6-8)14(19)20/h1-7H,(H,19,20). The highest BCUT2D eigenvalue weighted by molar-refractivity contribution is 5.89. The van der Waals surface area contributed by atoms with E-state index in [0.717, 1.165) is 6.20 Å². The van der Waals surface area contributed by atoms with Crippen LogP contribution in [0, 0.1) is 5.82 Å². The third-order valence-corrected chi connectivity index (χ3v) is 2.74. The molecule has 0 unspecified atom stereocenters. The minimum absolute atomic E-state index is 0.124. The lowest BCUT2D eigenvalue weighted by atomic mass is 10.1. The SMILES string of the molecule is O=C(O)c1cccc(-c2noc(-c3ccc(F)cn3)n2)c1. The predicted octanol–water partition coefficient (Wildman–Crippen LogP) is 2.64. The van der Waals surface area contributed by atoms with Crippen molar-refractivity contribution in [2.75, 3.05) is 0 Å². The molecule has 2 aromatic heterocycles. The molecule has 1 aromatic carbocycles. The first-order valence-electron chi connectivity index (χ1n) is 5.93. The minimum atomic E-state index is -1.04. The van der Waals surface area contributed by atoms with Crippen molar-refractivity contribution in [3.05, 3.63) is 54.0 Å². The van der Waals surface area contributed by atoms with Gasteiger partial charge in [0, 0.05) is 5.56 Å². The van der Waals surface area contributed by atoms with E-state index in [1.165, 1.54) is 24.3 Å². The molecule has 0 amide bonds. The maximum Gasteiger partial charge on any atom is 0.335 e. The average Bonchev–Trinajstić information content (AvgIpc) is 2.98. The van der Waals surface area contributed by atoms with E-state index in [-0.39, 0.29) is 17.3 Å². The Morgan fingerprint density at radius 3 is 2.81 bits per heavy atom. The van der Waals surface area contributed by atoms with Gasteiger partial charge in [0.2, 0.25) is 5.82 Å². The molecule has 3 aromatic rings. The van der Waals surface area contributed by atoms with Crippen LogP contribution < -0.4 is 0 Å². The largest absolute Gasteiger partial charge is 0.478 e. The number of pyridine rings is 1. The van der Waals surface area contributed by atoms with Gasteiger partial charge in [0.05, 0.1) is 11.8 Å². The quantitative estimate of drug-likeness (QED) is 0.795. The van der Waals surface area contributed by atoms with Crippen LogP contribution in [0.4, 0.5) is 4.39 Å². The van der Waals surface area contributed by atoms with E-state index >= 15 is 0 Å². The van der Waals surface area contributed by atoms with Crippen molar-refractivity contribution in [3.63, 3.8) is 0 Å². The number of aromatic nitrogens is 3. The van der Waals surface area contributed by atoms with Crippen molar-refractivity contribution in [3.8, 4) is 23.0 Å². The number of rotatable bonds is 3. The van der Waals surface area contributed by atoms with E-state index < -0.39 is 11.8 Å². The smallest absolute Gasteiger partial charge is 0.335 e. The van der Waals surface area contributed by atoms with Gasteiger partial charge in [0.25, 0.3) is 5.89 Å². The summed E-state index contributed by atoms with van der Waals surface area (Å²) in [4.78, 5) is 18.9. The zero-order chi connectivity index (χ0) is 14.8. The van der Waals surface area contributed by atoms with Crippen molar-refractivity contribution in [2.45, 2.75) is 0 Å². The van der Waals surface area contributed by atoms with Crippen molar-refractivity contribution >= 4 is 5.97 Å². The summed E-state index contributed by atoms with van der Waals surface area (Å²) in [7, 11) is 0. The number of halogens is 1. The predicted molar refractivity (Wildman–Crippen MR) is 69.9 cm³/mol. The van der Waals surface area contributed by atoms with Crippen molar-refractivity contribution in [1.29, 1.82) is 0 Å². The number of hydrogen-bond donors (Lipinski definition) is 1. The topological polar surface area (TPSA) is 89.1 Å². The Hall–Kier alpha value is -3.09. The number of carboxylic acids is 1. The van der Waals surface area contributed by atoms with E-state index in [1.54, 1.807) is 12.1 Å². The molecule has 0 aliphatic heterocycles. The summed E-state index contributed by atoms with van der Waals surface area (Å²) in [5.41, 5.74) is 0.968. The molecule has 0 bridgehead atoms. The zero-order valence-corrected chi connectivity index (χ0v) is 10.5. The molecule has 7 heteroatoms. The molecule has 6 nitrogen and oxygen atoms in total. The Balaban J connectivity index is 1.96. The second-order valence-electron chi connectivity index (χ2n) is 4.17. The molecule has 0 saturated carbocycles. The third-order valence-electron chi connectivity index (χ3n) is 2.74. The van der Waals surface area contributed by atoms with Crippen LogP contribution in [0.2, 0.25) is 0 Å². The molecule has 0 fully saturated rings. The number of aromatic carboxylic acids is 1. The average molecular weight is 285 g/mol. The minimum Gasteiger partial charge on any atom is -0.478 e. The van der Waals surface area contributed by atoms with Gasteiger partial charge >= 0.3 is 5.97 Å². The first-order chi connectivity index (χ1) is 10.1. The van der Waals surface area contributed by atoms with Gasteiger partial charge < -0.3 is 9.63 Å². The van der Waals surface area contributed by atoms with E-state index in [2.05, 4.69) is 15.1 Å². The monoisotopic (exact) mass is 285 g/mol. The summed E-state index contributed by atoms with van der Waals surface area (Å²) in [6.45, 7) is 0. The van der Waals surface area contributed by atoms with Gasteiger partial charge in [-0.2, -0.15) is 4.98 Å². The highest BCUT2D eigenvalue weighted by Crippen LogP contribution is 2.21. The molecule has 104 valence electrons. The number of nitrogens with zero attached hydrogens (tertiary/aromatic N) is 3. The van der Waals surface area contributed by atoms with Crippen molar-refractivity contribution in [1.82, 2.24) is 15.1 Å². The summed E-state index contributed by atoms with van der Waals surface area (Å²) < 4.78 is 17.9. The Bertz CT molecular complexity index is 799. The van der Waals surface area contributed by atoms with Gasteiger partial charge in [-0.25, -0.2) is 14.2 Å². The number of carboxylic acid groups (broad SMARTS) is 1. The molecular formula is C14H8FN3O3. The van der Waals surface area contributed by atoms with E-state index in [4.69, 9.17) is 9.63 Å². The van der Waals surface area contributed by atoms with E-state index in [0.29, 0.717) is 11.3 Å². The Morgan fingerprint density at radius 2 is 2.10 bits per heavy atom. The number of carbonyl (C=O) groups is 1. The number of benzene rings is 1. The van der Waals surface area contributed by atoms with Crippen LogP contribution in [-0.2, 0) is 0 Å². The van der Waals surface area contributed by atoms with Gasteiger partial charge in [-0.05, 0) is 24.3 Å². The first-order valence-corrected chi connectivity index (χ1v) is 5.93. The fourth-order valence-electron chi connectivity index (χ4n) is 1.74. The van der Waals surface area contributed by atoms with Crippen LogP contribution in [-0.4, -0.2) is 26.2 Å². The normalized spacial score (nSPS) is 10.5. The van der Waals surface area contributed by atoms with Gasteiger partial charge in [-0.15, -0.1) is 0 Å². The number of hydrogen-bond acceptors (Lipinski definition) is 5. The van der Waals surface area contributed by atoms with Gasteiger partial charge in [-0.1, -0.05) is 17.3 Å². The van der Waals surface area contributed by atoms with Gasteiger partial charge in [0.15, 0.2) is 0 Å². The Morgan fingerprint density at radius 1 is 1.24 bits per heavy atom. The molecule has 0 spiro atoms. The zero-order valence-electron chi connectivity index (χ0n) is 10.5. The third kappa shape index (κ3) is 2.62. The van der Waals surface area contributed by atoms with Crippen LogP contribution in [0.15, 0.2) is 47.1 Å². The van der Waals surface area contributed by atoms with Crippen molar-refractivity contribution in [2.24, 2.45) is 0 Å². The Kier molecular flexibility index (Phi) is 3.15. The molecule has 0 saturated heterocycles. The van der Waals surface area contributed by atoms with Crippen LogP contribution >= 0.6 is 0 Å². The first kappa shape index (κ1) is 12.9. The molecule has 0 aliphatic rings. The fraction of sp³-hybridized carbons (Fsp3) is 0. The molecule has 0 aliphatic carbocycles. The Labute approximate surface area is 117 Å². The van der Waals surface area contributed by atoms with Crippen LogP contribution in [0.5, 0.6) is 0 Å². The van der Waals surface area contributed by atoms with Crippen molar-refractivity contribution < 1.29 is 18.8 Å². The molecule has 2 heterocycles. The molecule has 0 atom stereocenters. The molecule has 21 heavy (non-hydrogen) atoms. The van der Waals surface area contributed by atoms with Crippen LogP contribution in [0.25, 0.3) is 23.0 Å².